The number of ether oxygens (including phenoxy) is 1. The SMILES string of the molecule is Cc1cc(C)c(OCCC(=O)NC2CC2)cc1N. The normalized spacial score (nSPS) is 14.3. The van der Waals surface area contributed by atoms with Crippen molar-refractivity contribution in [2.75, 3.05) is 12.3 Å². The number of hydrogen-bond acceptors (Lipinski definition) is 3. The minimum Gasteiger partial charge on any atom is -0.493 e. The van der Waals surface area contributed by atoms with Crippen molar-refractivity contribution in [3.63, 3.8) is 0 Å². The van der Waals surface area contributed by atoms with E-state index in [2.05, 4.69) is 5.32 Å². The Bertz CT molecular complexity index is 453. The third-order valence-electron chi connectivity index (χ3n) is 3.09. The van der Waals surface area contributed by atoms with Crippen molar-refractivity contribution in [3.05, 3.63) is 23.3 Å². The van der Waals surface area contributed by atoms with Crippen LogP contribution in [0.25, 0.3) is 0 Å². The number of aryl methyl sites for hydroxylation is 2. The van der Waals surface area contributed by atoms with Crippen LogP contribution >= 0.6 is 0 Å². The van der Waals surface area contributed by atoms with E-state index in [1.54, 1.807) is 0 Å². The summed E-state index contributed by atoms with van der Waals surface area (Å²) in [5.41, 5.74) is 8.65. The van der Waals surface area contributed by atoms with Crippen LogP contribution in [-0.2, 0) is 4.79 Å². The minimum absolute atomic E-state index is 0.0650. The first-order valence-electron chi connectivity index (χ1n) is 6.35. The molecule has 2 rings (SSSR count). The lowest BCUT2D eigenvalue weighted by Gasteiger charge is -2.11. The van der Waals surface area contributed by atoms with Crippen LogP contribution in [0, 0.1) is 13.8 Å². The summed E-state index contributed by atoms with van der Waals surface area (Å²) in [7, 11) is 0. The fraction of sp³-hybridized carbons (Fsp3) is 0.500. The van der Waals surface area contributed by atoms with E-state index in [0.29, 0.717) is 19.1 Å². The third kappa shape index (κ3) is 3.39. The van der Waals surface area contributed by atoms with Crippen molar-refractivity contribution in [3.8, 4) is 5.75 Å². The number of rotatable bonds is 5. The zero-order chi connectivity index (χ0) is 13.1. The predicted molar refractivity (Wildman–Crippen MR) is 71.6 cm³/mol. The highest BCUT2D eigenvalue weighted by Gasteiger charge is 2.22. The van der Waals surface area contributed by atoms with Gasteiger partial charge in [-0.15, -0.1) is 0 Å². The van der Waals surface area contributed by atoms with Gasteiger partial charge in [0.2, 0.25) is 5.91 Å². The monoisotopic (exact) mass is 248 g/mol. The van der Waals surface area contributed by atoms with Gasteiger partial charge in [0.1, 0.15) is 5.75 Å². The molecular weight excluding hydrogens is 228 g/mol. The molecule has 0 aromatic heterocycles. The standard InChI is InChI=1S/C14H20N2O2/c1-9-7-10(2)13(8-12(9)15)18-6-5-14(17)16-11-3-4-11/h7-8,11H,3-6,15H2,1-2H3,(H,16,17). The molecule has 3 N–H and O–H groups in total. The molecule has 1 aliphatic carbocycles. The number of carbonyl (C=O) groups excluding carboxylic acids is 1. The number of nitrogens with two attached hydrogens (primary N) is 1. The van der Waals surface area contributed by atoms with Crippen molar-refractivity contribution >= 4 is 11.6 Å². The number of hydrogen-bond donors (Lipinski definition) is 2. The van der Waals surface area contributed by atoms with Crippen LogP contribution in [-0.4, -0.2) is 18.6 Å². The van der Waals surface area contributed by atoms with Crippen LogP contribution in [0.1, 0.15) is 30.4 Å². The molecule has 0 saturated heterocycles. The zero-order valence-corrected chi connectivity index (χ0v) is 11.0. The molecule has 0 spiro atoms. The molecule has 1 amide bonds. The molecule has 1 aliphatic rings. The van der Waals surface area contributed by atoms with Crippen molar-refractivity contribution in [2.45, 2.75) is 39.2 Å². The van der Waals surface area contributed by atoms with E-state index < -0.39 is 0 Å². The summed E-state index contributed by atoms with van der Waals surface area (Å²) in [6, 6.07) is 4.23. The quantitative estimate of drug-likeness (QED) is 0.783. The summed E-state index contributed by atoms with van der Waals surface area (Å²) in [4.78, 5) is 11.5. The molecule has 98 valence electrons. The van der Waals surface area contributed by atoms with Gasteiger partial charge in [0.15, 0.2) is 0 Å². The van der Waals surface area contributed by atoms with Crippen molar-refractivity contribution < 1.29 is 9.53 Å². The maximum absolute atomic E-state index is 11.5. The lowest BCUT2D eigenvalue weighted by atomic mass is 10.1. The summed E-state index contributed by atoms with van der Waals surface area (Å²) in [5.74, 6) is 0.826. The number of carbonyl (C=O) groups is 1. The molecule has 0 radical (unpaired) electrons. The largest absolute Gasteiger partial charge is 0.493 e. The first-order chi connectivity index (χ1) is 8.56. The number of benzene rings is 1. The Morgan fingerprint density at radius 3 is 2.78 bits per heavy atom. The second-order valence-electron chi connectivity index (χ2n) is 4.91. The van der Waals surface area contributed by atoms with Gasteiger partial charge in [-0.3, -0.25) is 4.79 Å². The Morgan fingerprint density at radius 1 is 1.39 bits per heavy atom. The van der Waals surface area contributed by atoms with Crippen LogP contribution in [0.4, 0.5) is 5.69 Å². The molecule has 1 saturated carbocycles. The summed E-state index contributed by atoms with van der Waals surface area (Å²) < 4.78 is 5.60. The summed E-state index contributed by atoms with van der Waals surface area (Å²) >= 11 is 0. The Hall–Kier alpha value is -1.71. The van der Waals surface area contributed by atoms with E-state index in [1.807, 2.05) is 26.0 Å². The van der Waals surface area contributed by atoms with Gasteiger partial charge < -0.3 is 15.8 Å². The Balaban J connectivity index is 1.82. The Kier molecular flexibility index (Phi) is 3.75. The Labute approximate surface area is 108 Å². The molecule has 4 nitrogen and oxygen atoms in total. The smallest absolute Gasteiger partial charge is 0.223 e. The van der Waals surface area contributed by atoms with E-state index in [1.165, 1.54) is 0 Å². The van der Waals surface area contributed by atoms with Crippen molar-refractivity contribution in [1.82, 2.24) is 5.32 Å². The Morgan fingerprint density at radius 2 is 2.11 bits per heavy atom. The molecule has 0 atom stereocenters. The van der Waals surface area contributed by atoms with Crippen LogP contribution < -0.4 is 15.8 Å². The second-order valence-corrected chi connectivity index (χ2v) is 4.91. The van der Waals surface area contributed by atoms with Gasteiger partial charge in [0.25, 0.3) is 0 Å². The molecule has 18 heavy (non-hydrogen) atoms. The maximum atomic E-state index is 11.5. The molecule has 1 fully saturated rings. The van der Waals surface area contributed by atoms with E-state index in [-0.39, 0.29) is 5.91 Å². The molecule has 0 unspecified atom stereocenters. The second kappa shape index (κ2) is 5.29. The fourth-order valence-electron chi connectivity index (χ4n) is 1.78. The van der Waals surface area contributed by atoms with Crippen molar-refractivity contribution in [1.29, 1.82) is 0 Å². The number of nitrogens with one attached hydrogen (secondary N) is 1. The number of anilines is 1. The highest BCUT2D eigenvalue weighted by Crippen LogP contribution is 2.24. The maximum Gasteiger partial charge on any atom is 0.223 e. The van der Waals surface area contributed by atoms with Gasteiger partial charge in [0, 0.05) is 17.8 Å². The molecular formula is C14H20N2O2. The van der Waals surface area contributed by atoms with Crippen LogP contribution in [0.5, 0.6) is 5.75 Å². The molecule has 4 heteroatoms. The molecule has 1 aromatic rings. The number of amides is 1. The third-order valence-corrected chi connectivity index (χ3v) is 3.09. The van der Waals surface area contributed by atoms with Gasteiger partial charge in [-0.25, -0.2) is 0 Å². The summed E-state index contributed by atoms with van der Waals surface area (Å²) in [5, 5.41) is 2.93. The van der Waals surface area contributed by atoms with Gasteiger partial charge in [0.05, 0.1) is 13.0 Å². The zero-order valence-electron chi connectivity index (χ0n) is 11.0. The lowest BCUT2D eigenvalue weighted by Crippen LogP contribution is -2.26. The number of nitrogen functional groups attached to an aromatic ring is 1. The van der Waals surface area contributed by atoms with Crippen LogP contribution in [0.2, 0.25) is 0 Å². The van der Waals surface area contributed by atoms with E-state index in [0.717, 1.165) is 35.4 Å². The van der Waals surface area contributed by atoms with Crippen LogP contribution in [0.3, 0.4) is 0 Å². The highest BCUT2D eigenvalue weighted by atomic mass is 16.5. The van der Waals surface area contributed by atoms with Crippen molar-refractivity contribution in [2.24, 2.45) is 0 Å². The summed E-state index contributed by atoms with van der Waals surface area (Å²) in [6.45, 7) is 4.34. The van der Waals surface area contributed by atoms with Crippen LogP contribution in [0.15, 0.2) is 12.1 Å². The topological polar surface area (TPSA) is 64.3 Å². The first-order valence-corrected chi connectivity index (χ1v) is 6.35. The van der Waals surface area contributed by atoms with E-state index in [4.69, 9.17) is 10.5 Å². The van der Waals surface area contributed by atoms with E-state index >= 15 is 0 Å². The van der Waals surface area contributed by atoms with Gasteiger partial charge in [-0.1, -0.05) is 6.07 Å². The first kappa shape index (κ1) is 12.7. The fourth-order valence-corrected chi connectivity index (χ4v) is 1.78. The van der Waals surface area contributed by atoms with Gasteiger partial charge >= 0.3 is 0 Å². The molecule has 1 aromatic carbocycles. The average molecular weight is 248 g/mol. The van der Waals surface area contributed by atoms with Gasteiger partial charge in [-0.05, 0) is 37.8 Å². The van der Waals surface area contributed by atoms with Gasteiger partial charge in [-0.2, -0.15) is 0 Å². The summed E-state index contributed by atoms with van der Waals surface area (Å²) in [6.07, 6.45) is 2.62. The van der Waals surface area contributed by atoms with E-state index in [9.17, 15) is 4.79 Å². The minimum atomic E-state index is 0.0650. The predicted octanol–water partition coefficient (Wildman–Crippen LogP) is 1.93. The average Bonchev–Trinajstić information content (AvgIpc) is 3.09. The molecule has 0 bridgehead atoms. The molecule has 0 aliphatic heterocycles. The lowest BCUT2D eigenvalue weighted by molar-refractivity contribution is -0.121. The highest BCUT2D eigenvalue weighted by molar-refractivity contribution is 5.76. The molecule has 0 heterocycles.